The van der Waals surface area contributed by atoms with E-state index in [1.165, 1.54) is 32.1 Å². The Hall–Kier alpha value is -0.770. The number of hydrogen-bond acceptors (Lipinski definition) is 2. The van der Waals surface area contributed by atoms with E-state index in [1.807, 2.05) is 0 Å². The molecule has 0 spiro atoms. The standard InChI is InChI=1S/C12H26N4/c1-9(2)14-12(16-13)15-11-6-4-5-10(3)7-8-11/h9-11H,4-8,13H2,1-3H3,(H2,14,15,16). The average molecular weight is 226 g/mol. The van der Waals surface area contributed by atoms with Crippen LogP contribution in [0, 0.1) is 5.92 Å². The van der Waals surface area contributed by atoms with Crippen LogP contribution in [0.1, 0.15) is 52.9 Å². The lowest BCUT2D eigenvalue weighted by atomic mass is 10.0. The fourth-order valence-corrected chi connectivity index (χ4v) is 2.17. The van der Waals surface area contributed by atoms with Gasteiger partial charge in [-0.2, -0.15) is 0 Å². The molecule has 1 rings (SSSR count). The maximum Gasteiger partial charge on any atom is 0.206 e. The lowest BCUT2D eigenvalue weighted by Crippen LogP contribution is -2.45. The van der Waals surface area contributed by atoms with E-state index in [0.29, 0.717) is 12.1 Å². The van der Waals surface area contributed by atoms with Gasteiger partial charge in [0.2, 0.25) is 5.96 Å². The number of nitrogens with one attached hydrogen (secondary N) is 2. The molecule has 0 heterocycles. The maximum absolute atomic E-state index is 5.46. The van der Waals surface area contributed by atoms with Crippen molar-refractivity contribution in [3.63, 3.8) is 0 Å². The molecule has 0 aromatic heterocycles. The van der Waals surface area contributed by atoms with Crippen molar-refractivity contribution in [2.75, 3.05) is 0 Å². The zero-order chi connectivity index (χ0) is 12.0. The summed E-state index contributed by atoms with van der Waals surface area (Å²) in [6, 6.07) is 0.793. The van der Waals surface area contributed by atoms with Crippen molar-refractivity contribution in [1.82, 2.24) is 10.7 Å². The van der Waals surface area contributed by atoms with E-state index in [4.69, 9.17) is 5.84 Å². The zero-order valence-corrected chi connectivity index (χ0v) is 10.8. The molecule has 0 aromatic rings. The number of rotatable bonds is 2. The van der Waals surface area contributed by atoms with Crippen LogP contribution in [-0.4, -0.2) is 18.0 Å². The van der Waals surface area contributed by atoms with Crippen LogP contribution in [0.5, 0.6) is 0 Å². The van der Waals surface area contributed by atoms with Crippen LogP contribution in [0.3, 0.4) is 0 Å². The predicted molar refractivity (Wildman–Crippen MR) is 69.1 cm³/mol. The molecule has 0 bridgehead atoms. The van der Waals surface area contributed by atoms with E-state index in [9.17, 15) is 0 Å². The highest BCUT2D eigenvalue weighted by Gasteiger charge is 2.16. The Morgan fingerprint density at radius 1 is 1.25 bits per heavy atom. The van der Waals surface area contributed by atoms with Crippen molar-refractivity contribution in [2.24, 2.45) is 16.8 Å². The summed E-state index contributed by atoms with van der Waals surface area (Å²) in [5, 5.41) is 3.22. The summed E-state index contributed by atoms with van der Waals surface area (Å²) >= 11 is 0. The minimum atomic E-state index is 0.361. The van der Waals surface area contributed by atoms with Gasteiger partial charge >= 0.3 is 0 Å². The van der Waals surface area contributed by atoms with E-state index in [-0.39, 0.29) is 0 Å². The molecule has 1 fully saturated rings. The molecular formula is C12H26N4. The van der Waals surface area contributed by atoms with Crippen LogP contribution in [0.15, 0.2) is 4.99 Å². The van der Waals surface area contributed by atoms with Crippen molar-refractivity contribution in [3.8, 4) is 0 Å². The lowest BCUT2D eigenvalue weighted by molar-refractivity contribution is 0.498. The van der Waals surface area contributed by atoms with Crippen LogP contribution < -0.4 is 16.6 Å². The predicted octanol–water partition coefficient (Wildman–Crippen LogP) is 1.77. The monoisotopic (exact) mass is 226 g/mol. The van der Waals surface area contributed by atoms with Gasteiger partial charge in [-0.3, -0.25) is 5.43 Å². The van der Waals surface area contributed by atoms with Crippen molar-refractivity contribution in [1.29, 1.82) is 0 Å². The highest BCUT2D eigenvalue weighted by molar-refractivity contribution is 5.79. The lowest BCUT2D eigenvalue weighted by Gasteiger charge is -2.16. The Balaban J connectivity index is 2.51. The van der Waals surface area contributed by atoms with Crippen LogP contribution in [-0.2, 0) is 0 Å². The maximum atomic E-state index is 5.46. The quantitative estimate of drug-likeness (QED) is 0.221. The average Bonchev–Trinajstić information content (AvgIpc) is 2.42. The molecular weight excluding hydrogens is 200 g/mol. The fourth-order valence-electron chi connectivity index (χ4n) is 2.17. The van der Waals surface area contributed by atoms with E-state index >= 15 is 0 Å². The summed E-state index contributed by atoms with van der Waals surface area (Å²) < 4.78 is 0. The number of hydrogen-bond donors (Lipinski definition) is 3. The molecule has 2 atom stereocenters. The van der Waals surface area contributed by atoms with Crippen LogP contribution in [0.2, 0.25) is 0 Å². The molecule has 4 N–H and O–H groups in total. The van der Waals surface area contributed by atoms with Crippen molar-refractivity contribution < 1.29 is 0 Å². The molecule has 2 unspecified atom stereocenters. The van der Waals surface area contributed by atoms with Crippen LogP contribution in [0.25, 0.3) is 0 Å². The summed E-state index contributed by atoms with van der Waals surface area (Å²) in [6.07, 6.45) is 6.29. The van der Waals surface area contributed by atoms with Gasteiger partial charge in [0.15, 0.2) is 0 Å². The SMILES string of the molecule is CC1CCCC(N=C(NN)NC(C)C)CC1. The topological polar surface area (TPSA) is 62.4 Å². The summed E-state index contributed by atoms with van der Waals surface area (Å²) in [5.74, 6) is 7.05. The van der Waals surface area contributed by atoms with Crippen LogP contribution >= 0.6 is 0 Å². The molecule has 16 heavy (non-hydrogen) atoms. The second-order valence-corrected chi connectivity index (χ2v) is 5.19. The first-order valence-corrected chi connectivity index (χ1v) is 6.42. The third kappa shape index (κ3) is 4.84. The van der Waals surface area contributed by atoms with Gasteiger partial charge in [0, 0.05) is 6.04 Å². The second-order valence-electron chi connectivity index (χ2n) is 5.19. The van der Waals surface area contributed by atoms with Crippen molar-refractivity contribution in [2.45, 2.75) is 65.0 Å². The largest absolute Gasteiger partial charge is 0.353 e. The van der Waals surface area contributed by atoms with E-state index in [0.717, 1.165) is 11.9 Å². The minimum Gasteiger partial charge on any atom is -0.353 e. The molecule has 0 aliphatic heterocycles. The van der Waals surface area contributed by atoms with Gasteiger partial charge < -0.3 is 5.32 Å². The van der Waals surface area contributed by atoms with Gasteiger partial charge in [-0.25, -0.2) is 10.8 Å². The van der Waals surface area contributed by atoms with E-state index in [1.54, 1.807) is 0 Å². The first kappa shape index (κ1) is 13.3. The molecule has 0 radical (unpaired) electrons. The molecule has 0 saturated heterocycles. The second kappa shape index (κ2) is 6.74. The molecule has 1 saturated carbocycles. The molecule has 0 amide bonds. The molecule has 4 heteroatoms. The molecule has 1 aliphatic carbocycles. The third-order valence-electron chi connectivity index (χ3n) is 3.10. The van der Waals surface area contributed by atoms with E-state index in [2.05, 4.69) is 36.5 Å². The first-order chi connectivity index (χ1) is 7.61. The molecule has 0 aromatic carbocycles. The Labute approximate surface area is 99.1 Å². The number of aliphatic imine (C=N–C) groups is 1. The Bertz CT molecular complexity index is 225. The van der Waals surface area contributed by atoms with E-state index < -0.39 is 0 Å². The number of guanidine groups is 1. The van der Waals surface area contributed by atoms with Crippen molar-refractivity contribution in [3.05, 3.63) is 0 Å². The van der Waals surface area contributed by atoms with Gasteiger partial charge in [-0.15, -0.1) is 0 Å². The Kier molecular flexibility index (Phi) is 5.60. The minimum absolute atomic E-state index is 0.361. The normalized spacial score (nSPS) is 27.7. The smallest absolute Gasteiger partial charge is 0.206 e. The third-order valence-corrected chi connectivity index (χ3v) is 3.10. The summed E-state index contributed by atoms with van der Waals surface area (Å²) in [7, 11) is 0. The Morgan fingerprint density at radius 2 is 2.00 bits per heavy atom. The highest BCUT2D eigenvalue weighted by Crippen LogP contribution is 2.24. The number of nitrogens with two attached hydrogens (primary N) is 1. The van der Waals surface area contributed by atoms with Crippen molar-refractivity contribution >= 4 is 5.96 Å². The molecule has 4 nitrogen and oxygen atoms in total. The molecule has 1 aliphatic rings. The zero-order valence-electron chi connectivity index (χ0n) is 10.8. The summed E-state index contributed by atoms with van der Waals surface area (Å²) in [5.41, 5.74) is 2.65. The number of nitrogens with zero attached hydrogens (tertiary/aromatic N) is 1. The van der Waals surface area contributed by atoms with Gasteiger partial charge in [-0.05, 0) is 39.0 Å². The van der Waals surface area contributed by atoms with Gasteiger partial charge in [0.1, 0.15) is 0 Å². The Morgan fingerprint density at radius 3 is 2.62 bits per heavy atom. The highest BCUT2D eigenvalue weighted by atomic mass is 15.3. The van der Waals surface area contributed by atoms with Gasteiger partial charge in [0.05, 0.1) is 6.04 Å². The first-order valence-electron chi connectivity index (χ1n) is 6.42. The van der Waals surface area contributed by atoms with Gasteiger partial charge in [-0.1, -0.05) is 19.8 Å². The fraction of sp³-hybridized carbons (Fsp3) is 0.917. The van der Waals surface area contributed by atoms with Gasteiger partial charge in [0.25, 0.3) is 0 Å². The summed E-state index contributed by atoms with van der Waals surface area (Å²) in [4.78, 5) is 4.66. The van der Waals surface area contributed by atoms with Crippen LogP contribution in [0.4, 0.5) is 0 Å². The number of hydrazine groups is 1. The summed E-state index contributed by atoms with van der Waals surface area (Å²) in [6.45, 7) is 6.50. The molecule has 94 valence electrons.